The number of nitrogens with one attached hydrogen (secondary N) is 1. The molecule has 0 amide bonds. The minimum atomic E-state index is -6.50. The molecule has 0 bridgehead atoms. The Morgan fingerprint density at radius 3 is 1.88 bits per heavy atom. The van der Waals surface area contributed by atoms with Gasteiger partial charge in [0.25, 0.3) is 0 Å². The van der Waals surface area contributed by atoms with Crippen molar-refractivity contribution in [2.75, 3.05) is 13.7 Å². The van der Waals surface area contributed by atoms with Crippen molar-refractivity contribution in [1.82, 2.24) is 5.09 Å². The van der Waals surface area contributed by atoms with Crippen LogP contribution in [-0.4, -0.2) is 36.6 Å². The first-order valence-electron chi connectivity index (χ1n) is 3.75. The third-order valence-electron chi connectivity index (χ3n) is 1.52. The summed E-state index contributed by atoms with van der Waals surface area (Å²) in [4.78, 5) is 8.52. The zero-order valence-electron chi connectivity index (χ0n) is 8.06. The van der Waals surface area contributed by atoms with E-state index >= 15 is 0 Å². The molecule has 104 valence electrons. The highest BCUT2D eigenvalue weighted by Crippen LogP contribution is 2.48. The maximum atomic E-state index is 12.5. The van der Waals surface area contributed by atoms with Crippen LogP contribution in [-0.2, 0) is 9.09 Å². The van der Waals surface area contributed by atoms with Gasteiger partial charge in [0.1, 0.15) is 6.61 Å². The number of hydrogen-bond donors (Lipinski definition) is 2. The van der Waals surface area contributed by atoms with Gasteiger partial charge in [0.05, 0.1) is 0 Å². The van der Waals surface area contributed by atoms with Crippen LogP contribution in [0.4, 0.5) is 30.7 Å². The van der Waals surface area contributed by atoms with Gasteiger partial charge in [-0.3, -0.25) is 4.52 Å². The van der Waals surface area contributed by atoms with Crippen LogP contribution >= 0.6 is 7.75 Å². The highest BCUT2D eigenvalue weighted by molar-refractivity contribution is 7.50. The van der Waals surface area contributed by atoms with E-state index in [4.69, 9.17) is 4.89 Å². The van der Waals surface area contributed by atoms with Crippen LogP contribution in [0.5, 0.6) is 0 Å². The second-order valence-corrected chi connectivity index (χ2v) is 4.54. The average Bonchev–Trinajstić information content (AvgIpc) is 2.13. The summed E-state index contributed by atoms with van der Waals surface area (Å²) >= 11 is 0. The van der Waals surface area contributed by atoms with E-state index in [1.165, 1.54) is 5.09 Å². The molecule has 17 heavy (non-hydrogen) atoms. The first kappa shape index (κ1) is 16.6. The molecule has 0 heterocycles. The number of rotatable bonds is 5. The minimum Gasteiger partial charge on any atom is -0.312 e. The predicted molar refractivity (Wildman–Crippen MR) is 40.8 cm³/mol. The minimum absolute atomic E-state index is 0.765. The summed E-state index contributed by atoms with van der Waals surface area (Å²) in [7, 11) is -4.06. The van der Waals surface area contributed by atoms with Crippen molar-refractivity contribution in [3.8, 4) is 0 Å². The Hall–Kier alpha value is -0.380. The van der Waals surface area contributed by atoms with Gasteiger partial charge in [-0.25, -0.2) is 9.65 Å². The molecule has 0 rings (SSSR count). The first-order chi connectivity index (χ1) is 7.27. The summed E-state index contributed by atoms with van der Waals surface area (Å²) in [5.74, 6) is -12.0. The second-order valence-electron chi connectivity index (χ2n) is 2.79. The Balaban J connectivity index is 4.87. The number of halogens is 7. The van der Waals surface area contributed by atoms with Gasteiger partial charge < -0.3 is 4.89 Å². The van der Waals surface area contributed by atoms with E-state index < -0.39 is 32.4 Å². The highest BCUT2D eigenvalue weighted by atomic mass is 31.2. The van der Waals surface area contributed by atoms with E-state index in [1.54, 1.807) is 0 Å². The fourth-order valence-electron chi connectivity index (χ4n) is 0.531. The highest BCUT2D eigenvalue weighted by Gasteiger charge is 2.73. The van der Waals surface area contributed by atoms with Gasteiger partial charge in [-0.1, -0.05) is 0 Å². The lowest BCUT2D eigenvalue weighted by molar-refractivity contribution is -0.358. The molecule has 0 spiro atoms. The van der Waals surface area contributed by atoms with Crippen molar-refractivity contribution < 1.29 is 44.7 Å². The van der Waals surface area contributed by atoms with Crippen LogP contribution in [0, 0.1) is 0 Å². The molecule has 0 aliphatic rings. The van der Waals surface area contributed by atoms with E-state index in [0.717, 1.165) is 7.05 Å². The maximum Gasteiger partial charge on any atom is 0.459 e. The third kappa shape index (κ3) is 3.80. The Bertz CT molecular complexity index is 317. The SMILES string of the molecule is CNP(=O)(O)OCC(F)(F)C(F)(F)C(F)(F)F. The molecule has 12 heteroatoms. The van der Waals surface area contributed by atoms with E-state index in [2.05, 4.69) is 4.52 Å². The second kappa shape index (κ2) is 4.71. The molecule has 0 radical (unpaired) electrons. The summed E-state index contributed by atoms with van der Waals surface area (Å²) in [6, 6.07) is 0. The van der Waals surface area contributed by atoms with Gasteiger partial charge in [-0.15, -0.1) is 0 Å². The van der Waals surface area contributed by atoms with Crippen molar-refractivity contribution in [2.45, 2.75) is 18.0 Å². The Kier molecular flexibility index (Phi) is 4.61. The summed E-state index contributed by atoms with van der Waals surface area (Å²) in [6.07, 6.45) is -6.50. The van der Waals surface area contributed by atoms with Gasteiger partial charge in [-0.05, 0) is 7.05 Å². The van der Waals surface area contributed by atoms with Crippen molar-refractivity contribution in [3.05, 3.63) is 0 Å². The lowest BCUT2D eigenvalue weighted by atomic mass is 10.2. The van der Waals surface area contributed by atoms with E-state index in [0.29, 0.717) is 0 Å². The molecule has 0 aromatic carbocycles. The number of hydrogen-bond acceptors (Lipinski definition) is 2. The molecule has 4 nitrogen and oxygen atoms in total. The standard InChI is InChI=1S/C5H7F7NO3P/c1-13-17(14,15)16-2-3(6,7)4(8,9)5(10,11)12/h2H2,1H3,(H2,13,14,15). The topological polar surface area (TPSA) is 58.6 Å². The summed E-state index contributed by atoms with van der Waals surface area (Å²) in [6.45, 7) is -2.56. The van der Waals surface area contributed by atoms with Crippen molar-refractivity contribution in [2.24, 2.45) is 0 Å². The summed E-state index contributed by atoms with van der Waals surface area (Å²) in [5, 5.41) is 1.43. The van der Waals surface area contributed by atoms with E-state index in [-0.39, 0.29) is 0 Å². The van der Waals surface area contributed by atoms with Gasteiger partial charge >= 0.3 is 25.8 Å². The van der Waals surface area contributed by atoms with Crippen LogP contribution in [0.2, 0.25) is 0 Å². The van der Waals surface area contributed by atoms with Crippen molar-refractivity contribution in [1.29, 1.82) is 0 Å². The van der Waals surface area contributed by atoms with Crippen LogP contribution in [0.1, 0.15) is 0 Å². The molecular weight excluding hydrogens is 286 g/mol. The Morgan fingerprint density at radius 1 is 1.18 bits per heavy atom. The Morgan fingerprint density at radius 2 is 1.59 bits per heavy atom. The van der Waals surface area contributed by atoms with Gasteiger partial charge in [0.2, 0.25) is 0 Å². The molecule has 1 unspecified atom stereocenters. The lowest BCUT2D eigenvalue weighted by Crippen LogP contribution is -2.54. The van der Waals surface area contributed by atoms with E-state index in [1.807, 2.05) is 0 Å². The maximum absolute atomic E-state index is 12.5. The smallest absolute Gasteiger partial charge is 0.312 e. The largest absolute Gasteiger partial charge is 0.459 e. The molecule has 0 aromatic heterocycles. The number of alkyl halides is 7. The van der Waals surface area contributed by atoms with Crippen molar-refractivity contribution in [3.63, 3.8) is 0 Å². The normalized spacial score (nSPS) is 17.9. The third-order valence-corrected chi connectivity index (χ3v) is 2.56. The molecular formula is C5H7F7NO3P. The fraction of sp³-hybridized carbons (Fsp3) is 1.00. The zero-order chi connectivity index (χ0) is 14.1. The predicted octanol–water partition coefficient (Wildman–Crippen LogP) is 2.16. The zero-order valence-corrected chi connectivity index (χ0v) is 8.96. The molecule has 0 saturated heterocycles. The molecule has 0 aliphatic heterocycles. The monoisotopic (exact) mass is 293 g/mol. The molecule has 0 aromatic rings. The lowest BCUT2D eigenvalue weighted by Gasteiger charge is -2.28. The molecule has 0 aliphatic carbocycles. The van der Waals surface area contributed by atoms with Crippen LogP contribution < -0.4 is 5.09 Å². The van der Waals surface area contributed by atoms with Crippen LogP contribution in [0.3, 0.4) is 0 Å². The van der Waals surface area contributed by atoms with Crippen LogP contribution in [0.25, 0.3) is 0 Å². The quantitative estimate of drug-likeness (QED) is 0.602. The van der Waals surface area contributed by atoms with Gasteiger partial charge in [0.15, 0.2) is 0 Å². The first-order valence-corrected chi connectivity index (χ1v) is 5.33. The Labute approximate surface area is 90.3 Å². The van der Waals surface area contributed by atoms with E-state index in [9.17, 15) is 35.3 Å². The van der Waals surface area contributed by atoms with Gasteiger partial charge in [-0.2, -0.15) is 30.7 Å². The average molecular weight is 293 g/mol. The fourth-order valence-corrected chi connectivity index (χ4v) is 0.997. The van der Waals surface area contributed by atoms with Crippen LogP contribution in [0.15, 0.2) is 0 Å². The van der Waals surface area contributed by atoms with Gasteiger partial charge in [0, 0.05) is 0 Å². The summed E-state index contributed by atoms with van der Waals surface area (Å²) < 4.78 is 98.3. The molecule has 2 N–H and O–H groups in total. The molecule has 0 saturated carbocycles. The van der Waals surface area contributed by atoms with Crippen molar-refractivity contribution >= 4 is 7.75 Å². The molecule has 1 atom stereocenters. The summed E-state index contributed by atoms with van der Waals surface area (Å²) in [5.41, 5.74) is 0. The molecule has 0 fully saturated rings.